The molecule has 104 valence electrons. The standard InChI is InChI=1S/C14H13ClN2O3/c1-19-11-4-2-3-9(5-11)12-7-14(20-16-12)17-8-10(15)6-13(17)18/h2-5,7,10H,6,8H2,1H3. The molecule has 3 rings (SSSR count). The largest absolute Gasteiger partial charge is 0.497 e. The number of amides is 1. The van der Waals surface area contributed by atoms with Gasteiger partial charge in [0, 0.05) is 24.6 Å². The Morgan fingerprint density at radius 1 is 1.45 bits per heavy atom. The van der Waals surface area contributed by atoms with E-state index in [2.05, 4.69) is 5.16 Å². The molecule has 6 heteroatoms. The van der Waals surface area contributed by atoms with Crippen molar-refractivity contribution in [1.29, 1.82) is 0 Å². The summed E-state index contributed by atoms with van der Waals surface area (Å²) in [6.45, 7) is 0.452. The number of methoxy groups -OCH3 is 1. The first-order valence-electron chi connectivity index (χ1n) is 6.23. The van der Waals surface area contributed by atoms with Gasteiger partial charge in [-0.25, -0.2) is 0 Å². The first-order chi connectivity index (χ1) is 9.67. The lowest BCUT2D eigenvalue weighted by molar-refractivity contribution is -0.117. The van der Waals surface area contributed by atoms with Crippen molar-refractivity contribution in [3.8, 4) is 17.0 Å². The third kappa shape index (κ3) is 2.36. The van der Waals surface area contributed by atoms with Crippen molar-refractivity contribution in [2.75, 3.05) is 18.6 Å². The van der Waals surface area contributed by atoms with Crippen LogP contribution in [0.5, 0.6) is 5.75 Å². The molecule has 1 unspecified atom stereocenters. The highest BCUT2D eigenvalue weighted by atomic mass is 35.5. The zero-order valence-corrected chi connectivity index (χ0v) is 11.6. The van der Waals surface area contributed by atoms with Gasteiger partial charge in [0.05, 0.1) is 12.5 Å². The van der Waals surface area contributed by atoms with Crippen LogP contribution in [0.15, 0.2) is 34.9 Å². The number of rotatable bonds is 3. The molecule has 0 bridgehead atoms. The van der Waals surface area contributed by atoms with Gasteiger partial charge in [-0.05, 0) is 12.1 Å². The lowest BCUT2D eigenvalue weighted by Gasteiger charge is -2.09. The SMILES string of the molecule is COc1cccc(-c2cc(N3CC(Cl)CC3=O)on2)c1. The summed E-state index contributed by atoms with van der Waals surface area (Å²) in [5.41, 5.74) is 1.53. The fourth-order valence-electron chi connectivity index (χ4n) is 2.19. The van der Waals surface area contributed by atoms with Crippen LogP contribution in [0.25, 0.3) is 11.3 Å². The molecule has 1 aliphatic heterocycles. The van der Waals surface area contributed by atoms with Gasteiger partial charge in [0.15, 0.2) is 0 Å². The molecule has 5 nitrogen and oxygen atoms in total. The monoisotopic (exact) mass is 292 g/mol. The average molecular weight is 293 g/mol. The Morgan fingerprint density at radius 3 is 3.00 bits per heavy atom. The highest BCUT2D eigenvalue weighted by Crippen LogP contribution is 2.29. The summed E-state index contributed by atoms with van der Waals surface area (Å²) >= 11 is 5.97. The average Bonchev–Trinajstić information content (AvgIpc) is 3.05. The van der Waals surface area contributed by atoms with Crippen molar-refractivity contribution >= 4 is 23.4 Å². The smallest absolute Gasteiger partial charge is 0.234 e. The fraction of sp³-hybridized carbons (Fsp3) is 0.286. The van der Waals surface area contributed by atoms with Crippen LogP contribution in [-0.4, -0.2) is 30.1 Å². The maximum absolute atomic E-state index is 11.8. The molecule has 1 saturated heterocycles. The normalized spacial score (nSPS) is 18.6. The number of hydrogen-bond donors (Lipinski definition) is 0. The molecule has 1 amide bonds. The van der Waals surface area contributed by atoms with E-state index in [1.54, 1.807) is 13.2 Å². The maximum Gasteiger partial charge on any atom is 0.234 e. The molecule has 0 saturated carbocycles. The molecular weight excluding hydrogens is 280 g/mol. The van der Waals surface area contributed by atoms with E-state index < -0.39 is 0 Å². The van der Waals surface area contributed by atoms with Crippen LogP contribution in [0.1, 0.15) is 6.42 Å². The number of anilines is 1. The summed E-state index contributed by atoms with van der Waals surface area (Å²) in [7, 11) is 1.61. The Kier molecular flexibility index (Phi) is 3.36. The summed E-state index contributed by atoms with van der Waals surface area (Å²) in [4.78, 5) is 13.3. The molecule has 1 atom stereocenters. The predicted octanol–water partition coefficient (Wildman–Crippen LogP) is 2.69. The highest BCUT2D eigenvalue weighted by Gasteiger charge is 2.31. The number of halogens is 1. The van der Waals surface area contributed by atoms with Crippen LogP contribution in [0.3, 0.4) is 0 Å². The minimum atomic E-state index is -0.173. The second-order valence-corrected chi connectivity index (χ2v) is 5.21. The van der Waals surface area contributed by atoms with Crippen LogP contribution in [-0.2, 0) is 4.79 Å². The third-order valence-corrected chi connectivity index (χ3v) is 3.50. The van der Waals surface area contributed by atoms with Gasteiger partial charge in [-0.3, -0.25) is 9.69 Å². The number of benzene rings is 1. The number of nitrogens with zero attached hydrogens (tertiary/aromatic N) is 2. The van der Waals surface area contributed by atoms with E-state index >= 15 is 0 Å². The van der Waals surface area contributed by atoms with Gasteiger partial charge in [0.1, 0.15) is 11.4 Å². The molecule has 20 heavy (non-hydrogen) atoms. The quantitative estimate of drug-likeness (QED) is 0.816. The van der Waals surface area contributed by atoms with Crippen LogP contribution in [0.4, 0.5) is 5.88 Å². The van der Waals surface area contributed by atoms with Crippen LogP contribution in [0.2, 0.25) is 0 Å². The Morgan fingerprint density at radius 2 is 2.30 bits per heavy atom. The number of hydrogen-bond acceptors (Lipinski definition) is 4. The minimum absolute atomic E-state index is 0.0432. The predicted molar refractivity (Wildman–Crippen MR) is 75.1 cm³/mol. The van der Waals surface area contributed by atoms with E-state index in [1.165, 1.54) is 4.90 Å². The molecule has 0 spiro atoms. The highest BCUT2D eigenvalue weighted by molar-refractivity contribution is 6.24. The molecule has 1 fully saturated rings. The molecule has 1 aromatic heterocycles. The van der Waals surface area contributed by atoms with Crippen molar-refractivity contribution < 1.29 is 14.1 Å². The van der Waals surface area contributed by atoms with Gasteiger partial charge in [-0.2, -0.15) is 0 Å². The third-order valence-electron chi connectivity index (χ3n) is 3.21. The van der Waals surface area contributed by atoms with E-state index in [1.807, 2.05) is 24.3 Å². The lowest BCUT2D eigenvalue weighted by Crippen LogP contribution is -2.23. The molecule has 2 aromatic rings. The molecule has 0 radical (unpaired) electrons. The van der Waals surface area contributed by atoms with Crippen molar-refractivity contribution in [3.05, 3.63) is 30.3 Å². The second-order valence-electron chi connectivity index (χ2n) is 4.59. The van der Waals surface area contributed by atoms with Gasteiger partial charge < -0.3 is 9.26 Å². The summed E-state index contributed by atoms with van der Waals surface area (Å²) < 4.78 is 10.4. The number of carbonyl (C=O) groups is 1. The van der Waals surface area contributed by atoms with Crippen molar-refractivity contribution in [1.82, 2.24) is 5.16 Å². The number of aromatic nitrogens is 1. The van der Waals surface area contributed by atoms with Gasteiger partial charge >= 0.3 is 0 Å². The van der Waals surface area contributed by atoms with Crippen LogP contribution >= 0.6 is 11.6 Å². The van der Waals surface area contributed by atoms with E-state index in [-0.39, 0.29) is 11.3 Å². The summed E-state index contributed by atoms with van der Waals surface area (Å²) in [5.74, 6) is 1.12. The van der Waals surface area contributed by atoms with E-state index in [4.69, 9.17) is 20.9 Å². The van der Waals surface area contributed by atoms with Crippen molar-refractivity contribution in [3.63, 3.8) is 0 Å². The molecule has 1 aromatic carbocycles. The molecule has 2 heterocycles. The van der Waals surface area contributed by atoms with Gasteiger partial charge in [-0.1, -0.05) is 17.3 Å². The first kappa shape index (κ1) is 13.0. The van der Waals surface area contributed by atoms with Gasteiger partial charge in [0.2, 0.25) is 11.8 Å². The number of alkyl halides is 1. The first-order valence-corrected chi connectivity index (χ1v) is 6.66. The molecule has 0 aliphatic carbocycles. The molecule has 1 aliphatic rings. The number of ether oxygens (including phenoxy) is 1. The van der Waals surface area contributed by atoms with Crippen LogP contribution < -0.4 is 9.64 Å². The number of carbonyl (C=O) groups excluding carboxylic acids is 1. The second kappa shape index (κ2) is 5.17. The zero-order valence-electron chi connectivity index (χ0n) is 10.9. The maximum atomic E-state index is 11.8. The van der Waals surface area contributed by atoms with E-state index in [9.17, 15) is 4.79 Å². The Labute approximate surface area is 121 Å². The van der Waals surface area contributed by atoms with Crippen molar-refractivity contribution in [2.24, 2.45) is 0 Å². The van der Waals surface area contributed by atoms with Gasteiger partial charge in [-0.15, -0.1) is 11.6 Å². The zero-order chi connectivity index (χ0) is 14.1. The van der Waals surface area contributed by atoms with Gasteiger partial charge in [0.25, 0.3) is 0 Å². The molecular formula is C14H13ClN2O3. The molecule has 0 N–H and O–H groups in total. The van der Waals surface area contributed by atoms with Crippen LogP contribution in [0, 0.1) is 0 Å². The minimum Gasteiger partial charge on any atom is -0.497 e. The van der Waals surface area contributed by atoms with Crippen molar-refractivity contribution in [2.45, 2.75) is 11.8 Å². The Hall–Kier alpha value is -2.01. The van der Waals surface area contributed by atoms with E-state index in [0.717, 1.165) is 11.3 Å². The topological polar surface area (TPSA) is 55.6 Å². The Bertz CT molecular complexity index is 641. The van der Waals surface area contributed by atoms with E-state index in [0.29, 0.717) is 24.5 Å². The fourth-order valence-corrected chi connectivity index (χ4v) is 2.46. The summed E-state index contributed by atoms with van der Waals surface area (Å²) in [6.07, 6.45) is 0.330. The summed E-state index contributed by atoms with van der Waals surface area (Å²) in [5, 5.41) is 3.83. The summed E-state index contributed by atoms with van der Waals surface area (Å²) in [6, 6.07) is 9.23. The Balaban J connectivity index is 1.88. The lowest BCUT2D eigenvalue weighted by atomic mass is 10.1.